The molecule has 0 bridgehead atoms. The van der Waals surface area contributed by atoms with Crippen LogP contribution in [0.3, 0.4) is 0 Å². The van der Waals surface area contributed by atoms with E-state index in [9.17, 15) is 9.59 Å². The number of aryl methyl sites for hydroxylation is 2. The lowest BCUT2D eigenvalue weighted by atomic mass is 10.1. The van der Waals surface area contributed by atoms with E-state index in [-0.39, 0.29) is 17.7 Å². The molecule has 6 nitrogen and oxygen atoms in total. The number of carbonyl (C=O) groups excluding carboxylic acids is 2. The summed E-state index contributed by atoms with van der Waals surface area (Å²) in [5, 5.41) is 2.92. The third-order valence-electron chi connectivity index (χ3n) is 4.16. The van der Waals surface area contributed by atoms with Crippen molar-refractivity contribution in [1.82, 2.24) is 14.9 Å². The van der Waals surface area contributed by atoms with Crippen LogP contribution in [0.1, 0.15) is 22.6 Å². The molecular formula is C17H20N4O2. The van der Waals surface area contributed by atoms with E-state index in [4.69, 9.17) is 0 Å². The van der Waals surface area contributed by atoms with Crippen LogP contribution >= 0.6 is 0 Å². The molecule has 2 aromatic rings. The Morgan fingerprint density at radius 3 is 2.74 bits per heavy atom. The summed E-state index contributed by atoms with van der Waals surface area (Å²) in [4.78, 5) is 30.3. The molecule has 6 heteroatoms. The molecule has 23 heavy (non-hydrogen) atoms. The van der Waals surface area contributed by atoms with Gasteiger partial charge in [-0.1, -0.05) is 18.2 Å². The minimum Gasteiger partial charge on any atom is -0.350 e. The summed E-state index contributed by atoms with van der Waals surface area (Å²) in [6.07, 6.45) is 2.08. The molecule has 0 radical (unpaired) electrons. The Kier molecular flexibility index (Phi) is 4.14. The van der Waals surface area contributed by atoms with Crippen molar-refractivity contribution in [2.45, 2.75) is 13.3 Å². The van der Waals surface area contributed by atoms with Crippen LogP contribution in [0, 0.1) is 12.8 Å². The average molecular weight is 312 g/mol. The second-order valence-corrected chi connectivity index (χ2v) is 5.91. The molecule has 3 rings (SSSR count). The first-order chi connectivity index (χ1) is 11.1. The number of nitrogens with zero attached hydrogens (tertiary/aromatic N) is 3. The molecular weight excluding hydrogens is 292 g/mol. The number of anilines is 1. The number of para-hydroxylation sites is 1. The fourth-order valence-corrected chi connectivity index (χ4v) is 2.97. The molecule has 120 valence electrons. The third kappa shape index (κ3) is 3.11. The number of imidazole rings is 1. The van der Waals surface area contributed by atoms with E-state index in [0.717, 1.165) is 5.69 Å². The van der Waals surface area contributed by atoms with Gasteiger partial charge < -0.3 is 14.8 Å². The highest BCUT2D eigenvalue weighted by Gasteiger charge is 2.30. The maximum atomic E-state index is 12.3. The van der Waals surface area contributed by atoms with Gasteiger partial charge in [-0.25, -0.2) is 4.98 Å². The summed E-state index contributed by atoms with van der Waals surface area (Å²) in [5.41, 5.74) is 2.18. The van der Waals surface area contributed by atoms with Crippen LogP contribution in [-0.2, 0) is 11.8 Å². The zero-order chi connectivity index (χ0) is 16.4. The fourth-order valence-electron chi connectivity index (χ4n) is 2.97. The van der Waals surface area contributed by atoms with Crippen molar-refractivity contribution in [3.63, 3.8) is 0 Å². The van der Waals surface area contributed by atoms with Gasteiger partial charge in [0.05, 0.1) is 12.0 Å². The van der Waals surface area contributed by atoms with Crippen molar-refractivity contribution in [2.75, 3.05) is 18.0 Å². The SMILES string of the molecule is Cc1ncn(C)c1C(=O)NC[C@@H]1CC(=O)N(c2ccccc2)C1. The quantitative estimate of drug-likeness (QED) is 0.930. The first kappa shape index (κ1) is 15.3. The Hall–Kier alpha value is -2.63. The van der Waals surface area contributed by atoms with E-state index in [2.05, 4.69) is 10.3 Å². The minimum atomic E-state index is -0.145. The summed E-state index contributed by atoms with van der Waals surface area (Å²) >= 11 is 0. The van der Waals surface area contributed by atoms with E-state index >= 15 is 0 Å². The standard InChI is InChI=1S/C17H20N4O2/c1-12-16(20(2)11-19-12)17(23)18-9-13-8-15(22)21(10-13)14-6-4-3-5-7-14/h3-7,11,13H,8-10H2,1-2H3,(H,18,23)/t13-/m0/s1. The molecule has 1 aromatic carbocycles. The highest BCUT2D eigenvalue weighted by atomic mass is 16.2. The molecule has 2 heterocycles. The molecule has 1 N–H and O–H groups in total. The normalized spacial score (nSPS) is 17.6. The van der Waals surface area contributed by atoms with E-state index in [0.29, 0.717) is 30.9 Å². The molecule has 0 saturated carbocycles. The molecule has 2 amide bonds. The fraction of sp³-hybridized carbons (Fsp3) is 0.353. The van der Waals surface area contributed by atoms with Gasteiger partial charge in [0.1, 0.15) is 5.69 Å². The van der Waals surface area contributed by atoms with Crippen LogP contribution in [-0.4, -0.2) is 34.5 Å². The molecule has 1 aliphatic rings. The van der Waals surface area contributed by atoms with E-state index in [1.165, 1.54) is 0 Å². The van der Waals surface area contributed by atoms with Gasteiger partial charge in [0.25, 0.3) is 5.91 Å². The van der Waals surface area contributed by atoms with Crippen LogP contribution < -0.4 is 10.2 Å². The minimum absolute atomic E-state index is 0.104. The summed E-state index contributed by atoms with van der Waals surface area (Å²) < 4.78 is 1.71. The third-order valence-corrected chi connectivity index (χ3v) is 4.16. The smallest absolute Gasteiger partial charge is 0.269 e. The first-order valence-electron chi connectivity index (χ1n) is 7.68. The van der Waals surface area contributed by atoms with Gasteiger partial charge in [-0.2, -0.15) is 0 Å². The predicted molar refractivity (Wildman–Crippen MR) is 87.2 cm³/mol. The largest absolute Gasteiger partial charge is 0.350 e. The Bertz CT molecular complexity index is 704. The topological polar surface area (TPSA) is 67.2 Å². The number of hydrogen-bond donors (Lipinski definition) is 1. The number of hydrogen-bond acceptors (Lipinski definition) is 3. The highest BCUT2D eigenvalue weighted by molar-refractivity contribution is 5.96. The molecule has 1 aliphatic heterocycles. The van der Waals surface area contributed by atoms with Crippen LogP contribution in [0.4, 0.5) is 5.69 Å². The molecule has 0 spiro atoms. The van der Waals surface area contributed by atoms with Gasteiger partial charge in [-0.3, -0.25) is 9.59 Å². The number of amides is 2. The van der Waals surface area contributed by atoms with E-state index < -0.39 is 0 Å². The number of carbonyl (C=O) groups is 2. The van der Waals surface area contributed by atoms with E-state index in [1.807, 2.05) is 37.3 Å². The zero-order valence-corrected chi connectivity index (χ0v) is 13.3. The summed E-state index contributed by atoms with van der Waals surface area (Å²) in [7, 11) is 1.80. The molecule has 1 fully saturated rings. The van der Waals surface area contributed by atoms with Gasteiger partial charge in [-0.15, -0.1) is 0 Å². The number of nitrogens with one attached hydrogen (secondary N) is 1. The zero-order valence-electron chi connectivity index (χ0n) is 13.3. The van der Waals surface area contributed by atoms with Gasteiger partial charge in [0, 0.05) is 38.2 Å². The Balaban J connectivity index is 1.60. The monoisotopic (exact) mass is 312 g/mol. The van der Waals surface area contributed by atoms with Crippen molar-refractivity contribution in [3.8, 4) is 0 Å². The lowest BCUT2D eigenvalue weighted by Gasteiger charge is -2.17. The predicted octanol–water partition coefficient (Wildman–Crippen LogP) is 1.51. The van der Waals surface area contributed by atoms with Crippen LogP contribution in [0.15, 0.2) is 36.7 Å². The molecule has 1 saturated heterocycles. The summed E-state index contributed by atoms with van der Waals surface area (Å²) in [6.45, 7) is 2.93. The van der Waals surface area contributed by atoms with Crippen LogP contribution in [0.2, 0.25) is 0 Å². The van der Waals surface area contributed by atoms with Crippen molar-refractivity contribution in [2.24, 2.45) is 13.0 Å². The molecule has 0 aliphatic carbocycles. The van der Waals surface area contributed by atoms with E-state index in [1.54, 1.807) is 22.8 Å². The number of aromatic nitrogens is 2. The maximum Gasteiger partial charge on any atom is 0.269 e. The van der Waals surface area contributed by atoms with Crippen LogP contribution in [0.5, 0.6) is 0 Å². The summed E-state index contributed by atoms with van der Waals surface area (Å²) in [5.74, 6) is 0.0838. The number of benzene rings is 1. The Morgan fingerprint density at radius 2 is 2.09 bits per heavy atom. The highest BCUT2D eigenvalue weighted by Crippen LogP contribution is 2.24. The maximum absolute atomic E-state index is 12.3. The summed E-state index contributed by atoms with van der Waals surface area (Å²) in [6, 6.07) is 9.62. The first-order valence-corrected chi connectivity index (χ1v) is 7.68. The van der Waals surface area contributed by atoms with Gasteiger partial charge in [0.15, 0.2) is 0 Å². The molecule has 1 aromatic heterocycles. The average Bonchev–Trinajstić information content (AvgIpc) is 3.08. The molecule has 0 unspecified atom stereocenters. The second kappa shape index (κ2) is 6.24. The lowest BCUT2D eigenvalue weighted by molar-refractivity contribution is -0.117. The van der Waals surface area contributed by atoms with Gasteiger partial charge >= 0.3 is 0 Å². The van der Waals surface area contributed by atoms with Crippen molar-refractivity contribution < 1.29 is 9.59 Å². The Labute approximate surface area is 135 Å². The second-order valence-electron chi connectivity index (χ2n) is 5.91. The van der Waals surface area contributed by atoms with Crippen LogP contribution in [0.25, 0.3) is 0 Å². The van der Waals surface area contributed by atoms with Crippen molar-refractivity contribution in [1.29, 1.82) is 0 Å². The molecule has 1 atom stereocenters. The number of rotatable bonds is 4. The van der Waals surface area contributed by atoms with Gasteiger partial charge in [-0.05, 0) is 19.1 Å². The van der Waals surface area contributed by atoms with Crippen molar-refractivity contribution in [3.05, 3.63) is 48.0 Å². The van der Waals surface area contributed by atoms with Gasteiger partial charge in [0.2, 0.25) is 5.91 Å². The van der Waals surface area contributed by atoms with Crippen molar-refractivity contribution >= 4 is 17.5 Å². The Morgan fingerprint density at radius 1 is 1.35 bits per heavy atom. The lowest BCUT2D eigenvalue weighted by Crippen LogP contribution is -2.32.